The predicted octanol–water partition coefficient (Wildman–Crippen LogP) is 2.82. The zero-order valence-corrected chi connectivity index (χ0v) is 13.4. The Bertz CT molecular complexity index is 787. The van der Waals surface area contributed by atoms with E-state index in [1.165, 1.54) is 41.9 Å². The number of hydrogen-bond donors (Lipinski definition) is 1. The monoisotopic (exact) mass is 347 g/mol. The molecule has 0 bridgehead atoms. The average Bonchev–Trinajstić information content (AvgIpc) is 3.26. The van der Waals surface area contributed by atoms with Gasteiger partial charge in [-0.25, -0.2) is 14.4 Å². The number of nitrogens with zero attached hydrogens (tertiary/aromatic N) is 2. The van der Waals surface area contributed by atoms with Gasteiger partial charge in [-0.3, -0.25) is 4.79 Å². The molecule has 24 heavy (non-hydrogen) atoms. The van der Waals surface area contributed by atoms with Crippen LogP contribution in [0.25, 0.3) is 0 Å². The second-order valence-corrected chi connectivity index (χ2v) is 5.57. The summed E-state index contributed by atoms with van der Waals surface area (Å²) in [6.45, 7) is 0.522. The Hall–Kier alpha value is -2.74. The summed E-state index contributed by atoms with van der Waals surface area (Å²) >= 11 is 1.52. The van der Waals surface area contributed by atoms with Gasteiger partial charge in [0.05, 0.1) is 11.2 Å². The molecule has 2 aromatic heterocycles. The summed E-state index contributed by atoms with van der Waals surface area (Å²) in [4.78, 5) is 20.2. The van der Waals surface area contributed by atoms with Gasteiger partial charge in [0.15, 0.2) is 12.3 Å². The van der Waals surface area contributed by atoms with E-state index in [0.29, 0.717) is 18.7 Å². The lowest BCUT2D eigenvalue weighted by Gasteiger charge is -2.02. The molecule has 124 valence electrons. The van der Waals surface area contributed by atoms with Crippen LogP contribution in [-0.4, -0.2) is 22.4 Å². The zero-order chi connectivity index (χ0) is 16.8. The van der Waals surface area contributed by atoms with Crippen molar-refractivity contribution in [3.05, 3.63) is 64.5 Å². The Kier molecular flexibility index (Phi) is 5.17. The second-order valence-electron chi connectivity index (χ2n) is 4.85. The molecule has 0 atom stereocenters. The van der Waals surface area contributed by atoms with Crippen LogP contribution in [0.3, 0.4) is 0 Å². The molecule has 8 heteroatoms. The number of nitrogens with one attached hydrogen (secondary N) is 1. The molecule has 0 aliphatic heterocycles. The van der Waals surface area contributed by atoms with E-state index in [4.69, 9.17) is 9.15 Å². The van der Waals surface area contributed by atoms with Crippen LogP contribution in [0.15, 0.2) is 45.8 Å². The zero-order valence-electron chi connectivity index (χ0n) is 12.6. The van der Waals surface area contributed by atoms with E-state index < -0.39 is 0 Å². The molecule has 0 unspecified atom stereocenters. The maximum Gasteiger partial charge on any atom is 0.273 e. The number of rotatable bonds is 7. The molecule has 0 radical (unpaired) electrons. The summed E-state index contributed by atoms with van der Waals surface area (Å²) in [6, 6.07) is 5.60. The third-order valence-corrected chi connectivity index (χ3v) is 3.75. The molecular weight excluding hydrogens is 333 g/mol. The third-order valence-electron chi connectivity index (χ3n) is 3.11. The minimum atomic E-state index is -0.338. The first-order valence-corrected chi connectivity index (χ1v) is 8.13. The van der Waals surface area contributed by atoms with E-state index in [-0.39, 0.29) is 29.9 Å². The van der Waals surface area contributed by atoms with Crippen LogP contribution in [0, 0.1) is 5.82 Å². The maximum atomic E-state index is 12.8. The van der Waals surface area contributed by atoms with E-state index in [1.54, 1.807) is 5.51 Å². The Balaban J connectivity index is 1.47. The number of halogens is 1. The Labute approximate surface area is 141 Å². The van der Waals surface area contributed by atoms with Gasteiger partial charge in [-0.05, 0) is 24.3 Å². The van der Waals surface area contributed by atoms with Gasteiger partial charge in [-0.2, -0.15) is 0 Å². The number of benzene rings is 1. The number of thiazole rings is 1. The smallest absolute Gasteiger partial charge is 0.273 e. The van der Waals surface area contributed by atoms with E-state index in [0.717, 1.165) is 5.69 Å². The normalized spacial score (nSPS) is 10.5. The average molecular weight is 347 g/mol. The highest BCUT2D eigenvalue weighted by molar-refractivity contribution is 7.07. The maximum absolute atomic E-state index is 12.8. The van der Waals surface area contributed by atoms with E-state index in [9.17, 15) is 9.18 Å². The molecule has 2 heterocycles. The molecule has 0 fully saturated rings. The third kappa shape index (κ3) is 4.39. The number of oxazole rings is 1. The quantitative estimate of drug-likeness (QED) is 0.711. The Morgan fingerprint density at radius 1 is 1.33 bits per heavy atom. The highest BCUT2D eigenvalue weighted by atomic mass is 32.1. The molecule has 1 amide bonds. The fraction of sp³-hybridized carbons (Fsp3) is 0.188. The lowest BCUT2D eigenvalue weighted by atomic mass is 10.3. The van der Waals surface area contributed by atoms with Crippen molar-refractivity contribution in [3.63, 3.8) is 0 Å². The van der Waals surface area contributed by atoms with Gasteiger partial charge in [-0.1, -0.05) is 0 Å². The summed E-state index contributed by atoms with van der Waals surface area (Å²) < 4.78 is 23.4. The summed E-state index contributed by atoms with van der Waals surface area (Å²) in [6.07, 6.45) is 1.94. The summed E-state index contributed by atoms with van der Waals surface area (Å²) in [5.41, 5.74) is 2.88. The fourth-order valence-electron chi connectivity index (χ4n) is 1.91. The van der Waals surface area contributed by atoms with Crippen LogP contribution < -0.4 is 10.1 Å². The number of carbonyl (C=O) groups is 1. The highest BCUT2D eigenvalue weighted by Gasteiger charge is 2.12. The molecule has 0 saturated heterocycles. The van der Waals surface area contributed by atoms with Crippen LogP contribution in [0.2, 0.25) is 0 Å². The van der Waals surface area contributed by atoms with Crippen molar-refractivity contribution in [1.29, 1.82) is 0 Å². The van der Waals surface area contributed by atoms with Crippen LogP contribution in [0.4, 0.5) is 4.39 Å². The molecule has 0 spiro atoms. The summed E-state index contributed by atoms with van der Waals surface area (Å²) in [7, 11) is 0. The fourth-order valence-corrected chi connectivity index (χ4v) is 2.51. The molecule has 1 N–H and O–H groups in total. The first-order chi connectivity index (χ1) is 11.7. The van der Waals surface area contributed by atoms with E-state index in [2.05, 4.69) is 15.3 Å². The van der Waals surface area contributed by atoms with Gasteiger partial charge >= 0.3 is 0 Å². The molecule has 3 aromatic rings. The molecule has 0 aliphatic rings. The van der Waals surface area contributed by atoms with Gasteiger partial charge in [0.1, 0.15) is 17.8 Å². The minimum Gasteiger partial charge on any atom is -0.484 e. The van der Waals surface area contributed by atoms with Crippen LogP contribution in [0.5, 0.6) is 5.75 Å². The van der Waals surface area contributed by atoms with Crippen molar-refractivity contribution in [2.45, 2.75) is 13.0 Å². The van der Waals surface area contributed by atoms with Gasteiger partial charge in [0.25, 0.3) is 5.91 Å². The van der Waals surface area contributed by atoms with Gasteiger partial charge in [0.2, 0.25) is 5.89 Å². The highest BCUT2D eigenvalue weighted by Crippen LogP contribution is 2.13. The SMILES string of the molecule is O=C(NCCc1cscn1)c1coc(COc2ccc(F)cc2)n1. The first-order valence-electron chi connectivity index (χ1n) is 7.19. The van der Waals surface area contributed by atoms with Crippen LogP contribution >= 0.6 is 11.3 Å². The number of amides is 1. The molecule has 6 nitrogen and oxygen atoms in total. The van der Waals surface area contributed by atoms with Gasteiger partial charge in [0, 0.05) is 18.3 Å². The Morgan fingerprint density at radius 2 is 2.17 bits per heavy atom. The minimum absolute atomic E-state index is 0.0533. The second kappa shape index (κ2) is 7.69. The van der Waals surface area contributed by atoms with E-state index in [1.807, 2.05) is 5.38 Å². The van der Waals surface area contributed by atoms with Crippen LogP contribution in [-0.2, 0) is 13.0 Å². The molecular formula is C16H14FN3O3S. The summed E-state index contributed by atoms with van der Waals surface area (Å²) in [5, 5.41) is 4.69. The number of aromatic nitrogens is 2. The number of ether oxygens (including phenoxy) is 1. The number of hydrogen-bond acceptors (Lipinski definition) is 6. The molecule has 1 aromatic carbocycles. The Morgan fingerprint density at radius 3 is 2.92 bits per heavy atom. The van der Waals surface area contributed by atoms with Crippen molar-refractivity contribution in [1.82, 2.24) is 15.3 Å². The van der Waals surface area contributed by atoms with Crippen molar-refractivity contribution >= 4 is 17.2 Å². The summed E-state index contributed by atoms with van der Waals surface area (Å²) in [5.74, 6) is 0.102. The van der Waals surface area contributed by atoms with Crippen molar-refractivity contribution in [3.8, 4) is 5.75 Å². The molecule has 0 aliphatic carbocycles. The van der Waals surface area contributed by atoms with Crippen molar-refractivity contribution in [2.75, 3.05) is 6.54 Å². The lowest BCUT2D eigenvalue weighted by Crippen LogP contribution is -2.26. The largest absolute Gasteiger partial charge is 0.484 e. The topological polar surface area (TPSA) is 77.2 Å². The predicted molar refractivity (Wildman–Crippen MR) is 85.4 cm³/mol. The lowest BCUT2D eigenvalue weighted by molar-refractivity contribution is 0.0949. The standard InChI is InChI=1S/C16H14FN3O3S/c17-11-1-3-13(4-2-11)22-8-15-20-14(7-23-15)16(21)18-6-5-12-9-24-10-19-12/h1-4,7,9-10H,5-6,8H2,(H,18,21). The molecule has 0 saturated carbocycles. The van der Waals surface area contributed by atoms with Crippen molar-refractivity contribution < 1.29 is 18.3 Å². The van der Waals surface area contributed by atoms with Gasteiger partial charge in [-0.15, -0.1) is 11.3 Å². The number of carbonyl (C=O) groups excluding carboxylic acids is 1. The van der Waals surface area contributed by atoms with E-state index >= 15 is 0 Å². The van der Waals surface area contributed by atoms with Gasteiger partial charge < -0.3 is 14.5 Å². The van der Waals surface area contributed by atoms with Crippen molar-refractivity contribution in [2.24, 2.45) is 0 Å². The molecule has 3 rings (SSSR count). The van der Waals surface area contributed by atoms with Crippen LogP contribution in [0.1, 0.15) is 22.1 Å². The first kappa shape index (κ1) is 16.1.